The van der Waals surface area contributed by atoms with Crippen LogP contribution in [-0.2, 0) is 16.6 Å². The van der Waals surface area contributed by atoms with E-state index in [1.807, 2.05) is 33.1 Å². The molecule has 110 valence electrons. The molecular weight excluding hydrogens is 280 g/mol. The average molecular weight is 304 g/mol. The second kappa shape index (κ2) is 7.38. The second-order valence-corrected chi connectivity index (χ2v) is 7.63. The summed E-state index contributed by atoms with van der Waals surface area (Å²) >= 11 is 1.50. The van der Waals surface area contributed by atoms with E-state index < -0.39 is 10.0 Å². The van der Waals surface area contributed by atoms with Crippen LogP contribution in [0.3, 0.4) is 0 Å². The van der Waals surface area contributed by atoms with Crippen LogP contribution in [0, 0.1) is 6.92 Å². The number of hydrogen-bond acceptors (Lipinski definition) is 4. The maximum absolute atomic E-state index is 12.3. The van der Waals surface area contributed by atoms with Gasteiger partial charge < -0.3 is 5.32 Å². The Kier molecular flexibility index (Phi) is 6.46. The maximum Gasteiger partial charge on any atom is 0.241 e. The lowest BCUT2D eigenvalue weighted by Gasteiger charge is -2.11. The van der Waals surface area contributed by atoms with Crippen molar-refractivity contribution in [2.75, 3.05) is 6.54 Å². The van der Waals surface area contributed by atoms with E-state index in [1.54, 1.807) is 0 Å². The molecule has 0 radical (unpaired) electrons. The van der Waals surface area contributed by atoms with Gasteiger partial charge in [-0.3, -0.25) is 0 Å². The molecule has 2 N–H and O–H groups in total. The van der Waals surface area contributed by atoms with Crippen molar-refractivity contribution in [1.82, 2.24) is 10.0 Å². The molecule has 4 nitrogen and oxygen atoms in total. The Hall–Kier alpha value is -0.430. The maximum atomic E-state index is 12.3. The fraction of sp³-hybridized carbons (Fsp3) is 0.692. The van der Waals surface area contributed by atoms with Crippen LogP contribution in [0.2, 0.25) is 0 Å². The average Bonchev–Trinajstić information content (AvgIpc) is 2.68. The normalized spacial score (nSPS) is 12.3. The van der Waals surface area contributed by atoms with E-state index >= 15 is 0 Å². The van der Waals surface area contributed by atoms with Gasteiger partial charge in [-0.05, 0) is 24.3 Å². The fourth-order valence-electron chi connectivity index (χ4n) is 1.72. The Morgan fingerprint density at radius 3 is 2.63 bits per heavy atom. The van der Waals surface area contributed by atoms with Crippen LogP contribution in [0.1, 0.15) is 44.1 Å². The van der Waals surface area contributed by atoms with Crippen LogP contribution in [0.5, 0.6) is 0 Å². The van der Waals surface area contributed by atoms with Crippen molar-refractivity contribution in [3.05, 3.63) is 15.8 Å². The third kappa shape index (κ3) is 4.87. The van der Waals surface area contributed by atoms with E-state index in [1.165, 1.54) is 11.3 Å². The Morgan fingerprint density at radius 1 is 1.37 bits per heavy atom. The Morgan fingerprint density at radius 2 is 2.05 bits per heavy atom. The lowest BCUT2D eigenvalue weighted by molar-refractivity contribution is 0.569. The van der Waals surface area contributed by atoms with E-state index in [4.69, 9.17) is 0 Å². The van der Waals surface area contributed by atoms with Gasteiger partial charge in [0.05, 0.1) is 0 Å². The highest BCUT2D eigenvalue weighted by Gasteiger charge is 2.22. The minimum atomic E-state index is -3.38. The summed E-state index contributed by atoms with van der Waals surface area (Å²) in [6.07, 6.45) is 1.84. The van der Waals surface area contributed by atoms with Crippen molar-refractivity contribution >= 4 is 21.4 Å². The van der Waals surface area contributed by atoms with Gasteiger partial charge >= 0.3 is 0 Å². The second-order valence-electron chi connectivity index (χ2n) is 4.96. The summed E-state index contributed by atoms with van der Waals surface area (Å²) in [5, 5.41) is 5.18. The minimum absolute atomic E-state index is 0.339. The molecule has 0 spiro atoms. The number of hydrogen-bond donors (Lipinski definition) is 2. The first-order valence-electron chi connectivity index (χ1n) is 6.68. The van der Waals surface area contributed by atoms with Crippen LogP contribution < -0.4 is 10.0 Å². The van der Waals surface area contributed by atoms with Crippen LogP contribution in [0.25, 0.3) is 0 Å². The van der Waals surface area contributed by atoms with E-state index in [0.29, 0.717) is 24.0 Å². The third-order valence-electron chi connectivity index (χ3n) is 2.75. The number of unbranched alkanes of at least 4 members (excludes halogenated alkanes) is 1. The first kappa shape index (κ1) is 16.6. The van der Waals surface area contributed by atoms with Crippen LogP contribution in [0.15, 0.2) is 10.3 Å². The molecule has 0 aliphatic rings. The largest absolute Gasteiger partial charge is 0.310 e. The minimum Gasteiger partial charge on any atom is -0.310 e. The third-order valence-corrected chi connectivity index (χ3v) is 5.67. The smallest absolute Gasteiger partial charge is 0.241 e. The molecule has 0 aliphatic carbocycles. The van der Waals surface area contributed by atoms with Crippen LogP contribution in [0.4, 0.5) is 0 Å². The molecule has 19 heavy (non-hydrogen) atoms. The van der Waals surface area contributed by atoms with Gasteiger partial charge in [0, 0.05) is 24.0 Å². The van der Waals surface area contributed by atoms with Crippen LogP contribution in [-0.4, -0.2) is 21.0 Å². The molecular formula is C13H24N2O2S2. The number of sulfonamides is 1. The van der Waals surface area contributed by atoms with Gasteiger partial charge in [0.25, 0.3) is 0 Å². The van der Waals surface area contributed by atoms with Gasteiger partial charge in [0.2, 0.25) is 10.0 Å². The van der Waals surface area contributed by atoms with E-state index in [2.05, 4.69) is 10.0 Å². The zero-order valence-electron chi connectivity index (χ0n) is 12.1. The molecule has 1 aromatic rings. The quantitative estimate of drug-likeness (QED) is 0.726. The standard InChI is InChI=1S/C13H24N2O2S2/c1-5-6-7-15-19(16,17)13-11(4)9-18-12(13)8-14-10(2)3/h9-10,14-15H,5-8H2,1-4H3. The van der Waals surface area contributed by atoms with Crippen molar-refractivity contribution in [2.24, 2.45) is 0 Å². The Labute approximate surface area is 120 Å². The van der Waals surface area contributed by atoms with E-state index in [0.717, 1.165) is 23.3 Å². The van der Waals surface area contributed by atoms with Crippen molar-refractivity contribution in [3.8, 4) is 0 Å². The number of thiophene rings is 1. The molecule has 6 heteroatoms. The predicted octanol–water partition coefficient (Wildman–Crippen LogP) is 2.63. The molecule has 1 rings (SSSR count). The highest BCUT2D eigenvalue weighted by atomic mass is 32.2. The summed E-state index contributed by atoms with van der Waals surface area (Å²) in [7, 11) is -3.38. The lowest BCUT2D eigenvalue weighted by Crippen LogP contribution is -2.27. The molecule has 0 unspecified atom stereocenters. The van der Waals surface area contributed by atoms with Crippen LogP contribution >= 0.6 is 11.3 Å². The van der Waals surface area contributed by atoms with E-state index in [-0.39, 0.29) is 0 Å². The molecule has 0 bridgehead atoms. The van der Waals surface area contributed by atoms with Gasteiger partial charge in [-0.1, -0.05) is 27.2 Å². The molecule has 0 fully saturated rings. The van der Waals surface area contributed by atoms with Gasteiger partial charge in [0.1, 0.15) is 4.90 Å². The summed E-state index contributed by atoms with van der Waals surface area (Å²) < 4.78 is 27.3. The highest BCUT2D eigenvalue weighted by molar-refractivity contribution is 7.89. The first-order chi connectivity index (χ1) is 8.88. The summed E-state index contributed by atoms with van der Waals surface area (Å²) in [5.74, 6) is 0. The molecule has 0 aromatic carbocycles. The zero-order valence-corrected chi connectivity index (χ0v) is 13.7. The zero-order chi connectivity index (χ0) is 14.5. The number of aryl methyl sites for hydroxylation is 1. The molecule has 0 saturated heterocycles. The Bertz CT molecular complexity index is 493. The van der Waals surface area contributed by atoms with Crippen molar-refractivity contribution in [1.29, 1.82) is 0 Å². The topological polar surface area (TPSA) is 58.2 Å². The molecule has 0 atom stereocenters. The SMILES string of the molecule is CCCCNS(=O)(=O)c1c(C)csc1CNC(C)C. The van der Waals surface area contributed by atoms with Gasteiger partial charge in [-0.2, -0.15) is 0 Å². The molecule has 1 heterocycles. The Balaban J connectivity index is 2.88. The number of nitrogens with one attached hydrogen (secondary N) is 2. The predicted molar refractivity (Wildman–Crippen MR) is 81.1 cm³/mol. The fourth-order valence-corrected chi connectivity index (χ4v) is 4.55. The van der Waals surface area contributed by atoms with Crippen molar-refractivity contribution < 1.29 is 8.42 Å². The molecule has 0 aliphatic heterocycles. The molecule has 0 saturated carbocycles. The summed E-state index contributed by atoms with van der Waals surface area (Å²) in [6, 6.07) is 0.339. The highest BCUT2D eigenvalue weighted by Crippen LogP contribution is 2.26. The lowest BCUT2D eigenvalue weighted by atomic mass is 10.3. The van der Waals surface area contributed by atoms with Crippen molar-refractivity contribution in [3.63, 3.8) is 0 Å². The summed E-state index contributed by atoms with van der Waals surface area (Å²) in [4.78, 5) is 1.34. The van der Waals surface area contributed by atoms with Gasteiger partial charge in [-0.25, -0.2) is 13.1 Å². The van der Waals surface area contributed by atoms with Crippen molar-refractivity contribution in [2.45, 2.75) is 58.0 Å². The molecule has 0 amide bonds. The van der Waals surface area contributed by atoms with E-state index in [9.17, 15) is 8.42 Å². The monoisotopic (exact) mass is 304 g/mol. The summed E-state index contributed by atoms with van der Waals surface area (Å²) in [6.45, 7) is 9.10. The van der Waals surface area contributed by atoms with Gasteiger partial charge in [-0.15, -0.1) is 11.3 Å². The van der Waals surface area contributed by atoms with Gasteiger partial charge in [0.15, 0.2) is 0 Å². The molecule has 1 aromatic heterocycles. The number of rotatable bonds is 8. The first-order valence-corrected chi connectivity index (χ1v) is 9.04. The summed E-state index contributed by atoms with van der Waals surface area (Å²) in [5.41, 5.74) is 0.828.